The minimum atomic E-state index is 0.430. The Morgan fingerprint density at radius 1 is 1.17 bits per heavy atom. The predicted octanol–water partition coefficient (Wildman–Crippen LogP) is 3.45. The molecular weight excluding hydrogens is 220 g/mol. The maximum Gasteiger partial charge on any atom is 0.0366 e. The van der Waals surface area contributed by atoms with Crippen molar-refractivity contribution in [3.05, 3.63) is 29.8 Å². The first-order valence-corrected chi connectivity index (χ1v) is 7.14. The van der Waals surface area contributed by atoms with Crippen molar-refractivity contribution < 1.29 is 0 Å². The van der Waals surface area contributed by atoms with Crippen LogP contribution in [-0.2, 0) is 0 Å². The number of anilines is 1. The van der Waals surface area contributed by atoms with Crippen LogP contribution in [0.1, 0.15) is 38.8 Å². The molecule has 0 saturated carbocycles. The highest BCUT2D eigenvalue weighted by Crippen LogP contribution is 2.27. The van der Waals surface area contributed by atoms with Gasteiger partial charge in [0.1, 0.15) is 0 Å². The second-order valence-electron chi connectivity index (χ2n) is 5.79. The standard InChI is InChI=1S/C16H26N2/c1-12-9-10-18(11-13(12)2)16-7-5-15(6-8-16)14(3)17-4/h5-8,12-14,17H,9-11H2,1-4H3. The van der Waals surface area contributed by atoms with Crippen LogP contribution in [0.5, 0.6) is 0 Å². The van der Waals surface area contributed by atoms with Crippen LogP contribution in [0, 0.1) is 11.8 Å². The van der Waals surface area contributed by atoms with Gasteiger partial charge >= 0.3 is 0 Å². The lowest BCUT2D eigenvalue weighted by atomic mass is 9.88. The zero-order valence-electron chi connectivity index (χ0n) is 12.1. The van der Waals surface area contributed by atoms with Crippen LogP contribution < -0.4 is 10.2 Å². The Morgan fingerprint density at radius 2 is 1.83 bits per heavy atom. The third-order valence-electron chi connectivity index (χ3n) is 4.53. The Bertz CT molecular complexity index is 371. The molecule has 0 radical (unpaired) electrons. The van der Waals surface area contributed by atoms with Crippen molar-refractivity contribution in [2.75, 3.05) is 25.0 Å². The second-order valence-corrected chi connectivity index (χ2v) is 5.79. The van der Waals surface area contributed by atoms with Crippen molar-refractivity contribution in [1.29, 1.82) is 0 Å². The van der Waals surface area contributed by atoms with Crippen molar-refractivity contribution in [1.82, 2.24) is 5.32 Å². The summed E-state index contributed by atoms with van der Waals surface area (Å²) < 4.78 is 0. The minimum Gasteiger partial charge on any atom is -0.371 e. The predicted molar refractivity (Wildman–Crippen MR) is 79.1 cm³/mol. The van der Waals surface area contributed by atoms with Crippen LogP contribution in [0.15, 0.2) is 24.3 Å². The summed E-state index contributed by atoms with van der Waals surface area (Å²) in [4.78, 5) is 2.53. The molecule has 2 heteroatoms. The van der Waals surface area contributed by atoms with E-state index in [0.717, 1.165) is 11.8 Å². The zero-order chi connectivity index (χ0) is 13.1. The lowest BCUT2D eigenvalue weighted by Crippen LogP contribution is -2.38. The average Bonchev–Trinajstić information content (AvgIpc) is 2.41. The van der Waals surface area contributed by atoms with E-state index in [4.69, 9.17) is 0 Å². The molecule has 1 fully saturated rings. The molecule has 3 unspecified atom stereocenters. The van der Waals surface area contributed by atoms with Gasteiger partial charge in [-0.15, -0.1) is 0 Å². The number of hydrogen-bond acceptors (Lipinski definition) is 2. The maximum absolute atomic E-state index is 3.28. The molecule has 0 amide bonds. The van der Waals surface area contributed by atoms with Gasteiger partial charge in [0.2, 0.25) is 0 Å². The second kappa shape index (κ2) is 5.75. The normalized spacial score (nSPS) is 26.1. The molecular formula is C16H26N2. The van der Waals surface area contributed by atoms with Gasteiger partial charge in [0, 0.05) is 24.8 Å². The molecule has 1 aromatic rings. The molecule has 3 atom stereocenters. The molecule has 2 rings (SSSR count). The average molecular weight is 246 g/mol. The first-order chi connectivity index (χ1) is 8.61. The highest BCUT2D eigenvalue weighted by molar-refractivity contribution is 5.48. The highest BCUT2D eigenvalue weighted by atomic mass is 15.1. The Morgan fingerprint density at radius 3 is 2.39 bits per heavy atom. The molecule has 0 spiro atoms. The van der Waals surface area contributed by atoms with Crippen molar-refractivity contribution in [2.45, 2.75) is 33.2 Å². The number of nitrogens with zero attached hydrogens (tertiary/aromatic N) is 1. The van der Waals surface area contributed by atoms with E-state index in [-0.39, 0.29) is 0 Å². The molecule has 0 aliphatic carbocycles. The summed E-state index contributed by atoms with van der Waals surface area (Å²) in [7, 11) is 2.01. The van der Waals surface area contributed by atoms with Gasteiger partial charge in [-0.05, 0) is 49.9 Å². The van der Waals surface area contributed by atoms with E-state index < -0.39 is 0 Å². The molecule has 18 heavy (non-hydrogen) atoms. The van der Waals surface area contributed by atoms with E-state index in [9.17, 15) is 0 Å². The third kappa shape index (κ3) is 2.86. The maximum atomic E-state index is 3.28. The first kappa shape index (κ1) is 13.4. The largest absolute Gasteiger partial charge is 0.371 e. The Kier molecular flexibility index (Phi) is 4.28. The van der Waals surface area contributed by atoms with E-state index in [1.807, 2.05) is 7.05 Å². The lowest BCUT2D eigenvalue weighted by molar-refractivity contribution is 0.324. The fourth-order valence-corrected chi connectivity index (χ4v) is 2.64. The summed E-state index contributed by atoms with van der Waals surface area (Å²) in [6.07, 6.45) is 1.32. The molecule has 1 aromatic carbocycles. The van der Waals surface area contributed by atoms with E-state index in [2.05, 4.69) is 55.3 Å². The Labute approximate surface area is 111 Å². The van der Waals surface area contributed by atoms with E-state index in [0.29, 0.717) is 6.04 Å². The molecule has 0 bridgehead atoms. The summed E-state index contributed by atoms with van der Waals surface area (Å²) >= 11 is 0. The zero-order valence-corrected chi connectivity index (χ0v) is 12.1. The van der Waals surface area contributed by atoms with Crippen LogP contribution in [0.2, 0.25) is 0 Å². The monoisotopic (exact) mass is 246 g/mol. The molecule has 0 aromatic heterocycles. The van der Waals surface area contributed by atoms with Crippen molar-refractivity contribution >= 4 is 5.69 Å². The molecule has 100 valence electrons. The quantitative estimate of drug-likeness (QED) is 0.879. The van der Waals surface area contributed by atoms with Crippen molar-refractivity contribution in [2.24, 2.45) is 11.8 Å². The van der Waals surface area contributed by atoms with E-state index in [1.54, 1.807) is 0 Å². The number of hydrogen-bond donors (Lipinski definition) is 1. The third-order valence-corrected chi connectivity index (χ3v) is 4.53. The number of benzene rings is 1. The number of piperidine rings is 1. The smallest absolute Gasteiger partial charge is 0.0366 e. The minimum absolute atomic E-state index is 0.430. The molecule has 1 N–H and O–H groups in total. The molecule has 1 aliphatic heterocycles. The lowest BCUT2D eigenvalue weighted by Gasteiger charge is -2.37. The van der Waals surface area contributed by atoms with Crippen LogP contribution in [0.4, 0.5) is 5.69 Å². The highest BCUT2D eigenvalue weighted by Gasteiger charge is 2.22. The van der Waals surface area contributed by atoms with Crippen LogP contribution in [0.25, 0.3) is 0 Å². The fraction of sp³-hybridized carbons (Fsp3) is 0.625. The molecule has 1 saturated heterocycles. The van der Waals surface area contributed by atoms with Crippen molar-refractivity contribution in [3.8, 4) is 0 Å². The summed E-state index contributed by atoms with van der Waals surface area (Å²) in [5.41, 5.74) is 2.74. The van der Waals surface area contributed by atoms with Gasteiger partial charge in [0.15, 0.2) is 0 Å². The number of rotatable bonds is 3. The van der Waals surface area contributed by atoms with Crippen LogP contribution >= 0.6 is 0 Å². The Hall–Kier alpha value is -1.02. The summed E-state index contributed by atoms with van der Waals surface area (Å²) in [5.74, 6) is 1.67. The van der Waals surface area contributed by atoms with E-state index >= 15 is 0 Å². The molecule has 2 nitrogen and oxygen atoms in total. The topological polar surface area (TPSA) is 15.3 Å². The van der Waals surface area contributed by atoms with Gasteiger partial charge in [-0.25, -0.2) is 0 Å². The number of nitrogens with one attached hydrogen (secondary N) is 1. The summed E-state index contributed by atoms with van der Waals surface area (Å²) in [6.45, 7) is 9.34. The molecule has 1 heterocycles. The van der Waals surface area contributed by atoms with Gasteiger partial charge in [-0.3, -0.25) is 0 Å². The fourth-order valence-electron chi connectivity index (χ4n) is 2.64. The van der Waals surface area contributed by atoms with Gasteiger partial charge in [0.05, 0.1) is 0 Å². The SMILES string of the molecule is CNC(C)c1ccc(N2CCC(C)C(C)C2)cc1. The van der Waals surface area contributed by atoms with E-state index in [1.165, 1.54) is 30.8 Å². The van der Waals surface area contributed by atoms with Crippen molar-refractivity contribution in [3.63, 3.8) is 0 Å². The summed E-state index contributed by atoms with van der Waals surface area (Å²) in [6, 6.07) is 9.47. The summed E-state index contributed by atoms with van der Waals surface area (Å²) in [5, 5.41) is 3.28. The van der Waals surface area contributed by atoms with Crippen LogP contribution in [0.3, 0.4) is 0 Å². The van der Waals surface area contributed by atoms with Gasteiger partial charge in [-0.2, -0.15) is 0 Å². The van der Waals surface area contributed by atoms with Gasteiger partial charge in [0.25, 0.3) is 0 Å². The van der Waals surface area contributed by atoms with Gasteiger partial charge < -0.3 is 10.2 Å². The van der Waals surface area contributed by atoms with Gasteiger partial charge in [-0.1, -0.05) is 26.0 Å². The van der Waals surface area contributed by atoms with Crippen LogP contribution in [-0.4, -0.2) is 20.1 Å². The first-order valence-electron chi connectivity index (χ1n) is 7.14. The molecule has 1 aliphatic rings. The Balaban J connectivity index is 2.06.